The van der Waals surface area contributed by atoms with Crippen LogP contribution in [0, 0.1) is 13.8 Å². The van der Waals surface area contributed by atoms with Crippen LogP contribution in [0.3, 0.4) is 0 Å². The average Bonchev–Trinajstić information content (AvgIpc) is 2.90. The lowest BCUT2D eigenvalue weighted by Crippen LogP contribution is -2.14. The zero-order valence-electron chi connectivity index (χ0n) is 13.5. The predicted molar refractivity (Wildman–Crippen MR) is 88.0 cm³/mol. The van der Waals surface area contributed by atoms with E-state index in [1.54, 1.807) is 17.4 Å². The van der Waals surface area contributed by atoms with Crippen molar-refractivity contribution in [2.45, 2.75) is 13.8 Å². The largest absolute Gasteiger partial charge is 0.497 e. The molecular formula is C17H18O5S. The number of carbonyl (C=O) groups is 2. The molecule has 0 spiro atoms. The van der Waals surface area contributed by atoms with E-state index in [1.807, 2.05) is 19.9 Å². The van der Waals surface area contributed by atoms with Crippen molar-refractivity contribution in [2.75, 3.05) is 20.8 Å². The monoisotopic (exact) mass is 334 g/mol. The Bertz CT molecular complexity index is 710. The van der Waals surface area contributed by atoms with Gasteiger partial charge in [-0.1, -0.05) is 0 Å². The van der Waals surface area contributed by atoms with E-state index in [4.69, 9.17) is 14.2 Å². The highest BCUT2D eigenvalue weighted by atomic mass is 32.1. The van der Waals surface area contributed by atoms with Gasteiger partial charge in [-0.25, -0.2) is 4.79 Å². The molecule has 0 saturated carbocycles. The molecule has 0 N–H and O–H groups in total. The van der Waals surface area contributed by atoms with Crippen molar-refractivity contribution in [3.63, 3.8) is 0 Å². The number of Topliss-reactive ketones (excluding diaryl/α,β-unsaturated/α-hetero) is 1. The molecule has 1 aromatic carbocycles. The van der Waals surface area contributed by atoms with Crippen LogP contribution in [0.25, 0.3) is 0 Å². The SMILES string of the molecule is COc1cc(OC)cc(C(=O)OCC(=O)c2cc(C)sc2C)c1. The number of carbonyl (C=O) groups excluding carboxylic acids is 2. The molecule has 1 heterocycles. The fourth-order valence-corrected chi connectivity index (χ4v) is 3.07. The molecule has 23 heavy (non-hydrogen) atoms. The number of thiophene rings is 1. The van der Waals surface area contributed by atoms with Crippen molar-refractivity contribution in [1.82, 2.24) is 0 Å². The molecule has 0 aliphatic rings. The first kappa shape index (κ1) is 17.0. The Labute approximate surface area is 138 Å². The van der Waals surface area contributed by atoms with E-state index in [9.17, 15) is 9.59 Å². The Morgan fingerprint density at radius 1 is 1.00 bits per heavy atom. The van der Waals surface area contributed by atoms with Crippen LogP contribution < -0.4 is 9.47 Å². The summed E-state index contributed by atoms with van der Waals surface area (Å²) in [5.41, 5.74) is 0.871. The first-order valence-corrected chi connectivity index (χ1v) is 7.76. The number of rotatable bonds is 6. The summed E-state index contributed by atoms with van der Waals surface area (Å²) < 4.78 is 15.3. The second-order valence-corrected chi connectivity index (χ2v) is 6.39. The molecule has 0 saturated heterocycles. The standard InChI is InChI=1S/C17H18O5S/c1-10-5-15(11(2)23-10)16(18)9-22-17(19)12-6-13(20-3)8-14(7-12)21-4/h5-8H,9H2,1-4H3. The summed E-state index contributed by atoms with van der Waals surface area (Å²) in [5, 5.41) is 0. The summed E-state index contributed by atoms with van der Waals surface area (Å²) in [4.78, 5) is 26.2. The lowest BCUT2D eigenvalue weighted by Gasteiger charge is -2.08. The molecule has 0 unspecified atom stereocenters. The molecule has 0 aliphatic carbocycles. The van der Waals surface area contributed by atoms with Crippen LogP contribution in [-0.4, -0.2) is 32.6 Å². The van der Waals surface area contributed by atoms with E-state index in [0.29, 0.717) is 17.1 Å². The lowest BCUT2D eigenvalue weighted by molar-refractivity contribution is 0.0474. The summed E-state index contributed by atoms with van der Waals surface area (Å²) in [5.74, 6) is 0.147. The smallest absolute Gasteiger partial charge is 0.338 e. The van der Waals surface area contributed by atoms with Crippen molar-refractivity contribution in [1.29, 1.82) is 0 Å². The number of ketones is 1. The van der Waals surface area contributed by atoms with Crippen LogP contribution in [0.2, 0.25) is 0 Å². The van der Waals surface area contributed by atoms with Gasteiger partial charge in [0.15, 0.2) is 6.61 Å². The first-order chi connectivity index (χ1) is 10.9. The summed E-state index contributed by atoms with van der Waals surface area (Å²) >= 11 is 1.54. The molecule has 0 amide bonds. The minimum absolute atomic E-state index is 0.213. The summed E-state index contributed by atoms with van der Waals surface area (Å²) in [6, 6.07) is 6.54. The maximum Gasteiger partial charge on any atom is 0.338 e. The molecule has 2 aromatic rings. The highest BCUT2D eigenvalue weighted by Crippen LogP contribution is 2.24. The summed E-state index contributed by atoms with van der Waals surface area (Å²) in [6.07, 6.45) is 0. The van der Waals surface area contributed by atoms with Gasteiger partial charge in [-0.15, -0.1) is 11.3 Å². The third-order valence-electron chi connectivity index (χ3n) is 3.26. The van der Waals surface area contributed by atoms with Gasteiger partial charge < -0.3 is 14.2 Å². The van der Waals surface area contributed by atoms with Crippen LogP contribution in [0.4, 0.5) is 0 Å². The van der Waals surface area contributed by atoms with Crippen LogP contribution in [-0.2, 0) is 4.74 Å². The fourth-order valence-electron chi connectivity index (χ4n) is 2.13. The topological polar surface area (TPSA) is 61.8 Å². The average molecular weight is 334 g/mol. The van der Waals surface area contributed by atoms with E-state index >= 15 is 0 Å². The third-order valence-corrected chi connectivity index (χ3v) is 4.23. The second kappa shape index (κ2) is 7.28. The molecule has 2 rings (SSSR count). The second-order valence-electron chi connectivity index (χ2n) is 4.93. The van der Waals surface area contributed by atoms with Gasteiger partial charge in [0.25, 0.3) is 0 Å². The number of hydrogen-bond acceptors (Lipinski definition) is 6. The number of hydrogen-bond donors (Lipinski definition) is 0. The van der Waals surface area contributed by atoms with E-state index in [-0.39, 0.29) is 18.0 Å². The quantitative estimate of drug-likeness (QED) is 0.598. The molecule has 0 bridgehead atoms. The molecule has 1 aromatic heterocycles. The van der Waals surface area contributed by atoms with Gasteiger partial charge in [0, 0.05) is 21.4 Å². The Morgan fingerprint density at radius 2 is 1.61 bits per heavy atom. The number of esters is 1. The van der Waals surface area contributed by atoms with E-state index in [1.165, 1.54) is 26.4 Å². The van der Waals surface area contributed by atoms with Crippen LogP contribution in [0.15, 0.2) is 24.3 Å². The van der Waals surface area contributed by atoms with Crippen molar-refractivity contribution < 1.29 is 23.8 Å². The highest BCUT2D eigenvalue weighted by Gasteiger charge is 2.16. The predicted octanol–water partition coefficient (Wildman–Crippen LogP) is 3.42. The Kier molecular flexibility index (Phi) is 5.39. The van der Waals surface area contributed by atoms with Crippen molar-refractivity contribution in [3.8, 4) is 11.5 Å². The lowest BCUT2D eigenvalue weighted by atomic mass is 10.1. The maximum atomic E-state index is 12.1. The normalized spacial score (nSPS) is 10.3. The minimum Gasteiger partial charge on any atom is -0.497 e. The Hall–Kier alpha value is -2.34. The molecule has 5 nitrogen and oxygen atoms in total. The van der Waals surface area contributed by atoms with Crippen LogP contribution >= 0.6 is 11.3 Å². The van der Waals surface area contributed by atoms with Crippen molar-refractivity contribution in [2.24, 2.45) is 0 Å². The molecule has 122 valence electrons. The number of aryl methyl sites for hydroxylation is 2. The van der Waals surface area contributed by atoms with Crippen LogP contribution in [0.1, 0.15) is 30.5 Å². The third kappa shape index (κ3) is 4.10. The number of methoxy groups -OCH3 is 2. The Balaban J connectivity index is 2.07. The zero-order valence-corrected chi connectivity index (χ0v) is 14.3. The van der Waals surface area contributed by atoms with Crippen molar-refractivity contribution >= 4 is 23.1 Å². The van der Waals surface area contributed by atoms with E-state index in [2.05, 4.69) is 0 Å². The van der Waals surface area contributed by atoms with Crippen LogP contribution in [0.5, 0.6) is 11.5 Å². The zero-order chi connectivity index (χ0) is 17.0. The van der Waals surface area contributed by atoms with E-state index < -0.39 is 5.97 Å². The number of ether oxygens (including phenoxy) is 3. The molecule has 0 atom stereocenters. The molecular weight excluding hydrogens is 316 g/mol. The summed E-state index contributed by atoms with van der Waals surface area (Å²) in [7, 11) is 2.99. The maximum absolute atomic E-state index is 12.1. The van der Waals surface area contributed by atoms with Gasteiger partial charge in [0.1, 0.15) is 11.5 Å². The molecule has 0 radical (unpaired) electrons. The minimum atomic E-state index is -0.597. The van der Waals surface area contributed by atoms with Gasteiger partial charge in [0.2, 0.25) is 5.78 Å². The Morgan fingerprint density at radius 3 is 2.09 bits per heavy atom. The van der Waals surface area contributed by atoms with Gasteiger partial charge in [-0.2, -0.15) is 0 Å². The van der Waals surface area contributed by atoms with Crippen molar-refractivity contribution in [3.05, 3.63) is 45.1 Å². The van der Waals surface area contributed by atoms with Gasteiger partial charge in [0.05, 0.1) is 19.8 Å². The first-order valence-electron chi connectivity index (χ1n) is 6.95. The number of benzene rings is 1. The molecule has 6 heteroatoms. The molecule has 0 fully saturated rings. The highest BCUT2D eigenvalue weighted by molar-refractivity contribution is 7.12. The van der Waals surface area contributed by atoms with E-state index in [0.717, 1.165) is 9.75 Å². The molecule has 0 aliphatic heterocycles. The van der Waals surface area contributed by atoms with Gasteiger partial charge in [-0.05, 0) is 32.0 Å². The summed E-state index contributed by atoms with van der Waals surface area (Å²) in [6.45, 7) is 3.51. The van der Waals surface area contributed by atoms with Gasteiger partial charge >= 0.3 is 5.97 Å². The van der Waals surface area contributed by atoms with Gasteiger partial charge in [-0.3, -0.25) is 4.79 Å². The fraction of sp³-hybridized carbons (Fsp3) is 0.294.